The van der Waals surface area contributed by atoms with E-state index in [1.165, 1.54) is 18.4 Å². The van der Waals surface area contributed by atoms with Crippen molar-refractivity contribution in [3.8, 4) is 11.3 Å². The molecule has 1 fully saturated rings. The number of aromatic nitrogens is 4. The minimum Gasteiger partial charge on any atom is -0.268 e. The van der Waals surface area contributed by atoms with Crippen molar-refractivity contribution in [1.82, 2.24) is 19.6 Å². The summed E-state index contributed by atoms with van der Waals surface area (Å²) < 4.78 is 1.72. The van der Waals surface area contributed by atoms with Crippen LogP contribution in [0.2, 0.25) is 0 Å². The monoisotopic (exact) mass is 394 g/mol. The molecule has 0 unspecified atom stereocenters. The Morgan fingerprint density at radius 3 is 2.82 bits per heavy atom. The third-order valence-electron chi connectivity index (χ3n) is 6.34. The lowest BCUT2D eigenvalue weighted by atomic mass is 9.68. The molecular formula is C22H26N4OS. The lowest BCUT2D eigenvalue weighted by Crippen LogP contribution is -2.38. The molecule has 146 valence electrons. The Hall–Kier alpha value is -2.08. The van der Waals surface area contributed by atoms with Crippen LogP contribution < -0.4 is 5.56 Å². The van der Waals surface area contributed by atoms with Gasteiger partial charge in [-0.3, -0.25) is 4.79 Å². The van der Waals surface area contributed by atoms with Crippen molar-refractivity contribution in [1.29, 1.82) is 0 Å². The summed E-state index contributed by atoms with van der Waals surface area (Å²) in [6, 6.07) is 8.44. The lowest BCUT2D eigenvalue weighted by Gasteiger charge is -2.35. The molecule has 5 nitrogen and oxygen atoms in total. The van der Waals surface area contributed by atoms with Crippen molar-refractivity contribution in [3.63, 3.8) is 0 Å². The summed E-state index contributed by atoms with van der Waals surface area (Å²) in [5.41, 5.74) is 4.24. The second-order valence-corrected chi connectivity index (χ2v) is 9.72. The Bertz CT molecular complexity index is 1090. The molecule has 0 bridgehead atoms. The van der Waals surface area contributed by atoms with Crippen molar-refractivity contribution in [3.05, 3.63) is 45.7 Å². The molecular weight excluding hydrogens is 368 g/mol. The van der Waals surface area contributed by atoms with Gasteiger partial charge in [0.1, 0.15) is 0 Å². The van der Waals surface area contributed by atoms with Crippen molar-refractivity contribution < 1.29 is 0 Å². The van der Waals surface area contributed by atoms with E-state index in [0.717, 1.165) is 53.4 Å². The van der Waals surface area contributed by atoms with E-state index in [0.29, 0.717) is 11.7 Å². The van der Waals surface area contributed by atoms with Gasteiger partial charge in [-0.15, -0.1) is 5.10 Å². The van der Waals surface area contributed by atoms with Gasteiger partial charge in [-0.05, 0) is 37.2 Å². The predicted molar refractivity (Wildman–Crippen MR) is 113 cm³/mol. The highest BCUT2D eigenvalue weighted by molar-refractivity contribution is 7.99. The first-order valence-corrected chi connectivity index (χ1v) is 11.3. The zero-order chi connectivity index (χ0) is 19.3. The fourth-order valence-electron chi connectivity index (χ4n) is 4.91. The molecule has 2 aromatic heterocycles. The Morgan fingerprint density at radius 2 is 2.04 bits per heavy atom. The number of thioether (sulfide) groups is 1. The van der Waals surface area contributed by atoms with Gasteiger partial charge in [-0.1, -0.05) is 62.7 Å². The summed E-state index contributed by atoms with van der Waals surface area (Å²) >= 11 is 1.65. The molecule has 28 heavy (non-hydrogen) atoms. The molecule has 2 aliphatic rings. The quantitative estimate of drug-likeness (QED) is 0.658. The Balaban J connectivity index is 1.71. The number of hydrogen-bond donors (Lipinski definition) is 1. The van der Waals surface area contributed by atoms with Gasteiger partial charge in [-0.2, -0.15) is 0 Å². The zero-order valence-electron chi connectivity index (χ0n) is 16.5. The molecule has 0 amide bonds. The molecule has 2 aliphatic carbocycles. The van der Waals surface area contributed by atoms with Crippen LogP contribution in [0.1, 0.15) is 57.1 Å². The van der Waals surface area contributed by atoms with Crippen LogP contribution in [0.15, 0.2) is 34.2 Å². The van der Waals surface area contributed by atoms with Gasteiger partial charge in [-0.25, -0.2) is 14.5 Å². The van der Waals surface area contributed by atoms with Crippen molar-refractivity contribution in [2.45, 2.75) is 62.9 Å². The lowest BCUT2D eigenvalue weighted by molar-refractivity contribution is 0.425. The average Bonchev–Trinajstić information content (AvgIpc) is 3.29. The van der Waals surface area contributed by atoms with Crippen molar-refractivity contribution >= 4 is 17.5 Å². The number of hydrogen-bond acceptors (Lipinski definition) is 4. The molecule has 1 N–H and O–H groups in total. The summed E-state index contributed by atoms with van der Waals surface area (Å²) in [5.74, 6) is 2.15. The van der Waals surface area contributed by atoms with Crippen LogP contribution in [-0.2, 0) is 11.8 Å². The average molecular weight is 395 g/mol. The van der Waals surface area contributed by atoms with E-state index in [2.05, 4.69) is 42.2 Å². The Morgan fingerprint density at radius 1 is 1.25 bits per heavy atom. The highest BCUT2D eigenvalue weighted by Crippen LogP contribution is 2.49. The second-order valence-electron chi connectivity index (χ2n) is 8.66. The first kappa shape index (κ1) is 18.0. The van der Waals surface area contributed by atoms with E-state index in [-0.39, 0.29) is 11.0 Å². The maximum Gasteiger partial charge on any atom is 0.265 e. The Labute approximate surface area is 169 Å². The number of nitrogens with zero attached hydrogens (tertiary/aromatic N) is 3. The minimum atomic E-state index is -0.0634. The van der Waals surface area contributed by atoms with Crippen LogP contribution in [0.5, 0.6) is 0 Å². The fraction of sp³-hybridized carbons (Fsp3) is 0.500. The molecule has 0 saturated heterocycles. The summed E-state index contributed by atoms with van der Waals surface area (Å²) in [5, 5.41) is 8.18. The van der Waals surface area contributed by atoms with E-state index >= 15 is 0 Å². The van der Waals surface area contributed by atoms with Crippen LogP contribution in [0.4, 0.5) is 0 Å². The molecule has 5 rings (SSSR count). The van der Waals surface area contributed by atoms with Gasteiger partial charge < -0.3 is 0 Å². The number of rotatable bonds is 4. The van der Waals surface area contributed by atoms with Gasteiger partial charge >= 0.3 is 0 Å². The predicted octanol–water partition coefficient (Wildman–Crippen LogP) is 4.59. The van der Waals surface area contributed by atoms with Gasteiger partial charge in [0.25, 0.3) is 5.56 Å². The van der Waals surface area contributed by atoms with Gasteiger partial charge in [0.2, 0.25) is 5.78 Å². The highest BCUT2D eigenvalue weighted by Gasteiger charge is 2.44. The van der Waals surface area contributed by atoms with E-state index in [4.69, 9.17) is 4.98 Å². The van der Waals surface area contributed by atoms with Crippen LogP contribution in [0.3, 0.4) is 0 Å². The molecule has 3 aromatic rings. The smallest absolute Gasteiger partial charge is 0.265 e. The number of H-pyrrole nitrogens is 1. The van der Waals surface area contributed by atoms with Crippen molar-refractivity contribution in [2.75, 3.05) is 5.75 Å². The Kier molecular flexibility index (Phi) is 4.34. The largest absolute Gasteiger partial charge is 0.268 e. The molecule has 0 aliphatic heterocycles. The summed E-state index contributed by atoms with van der Waals surface area (Å²) in [6.45, 7) is 4.43. The molecule has 1 saturated carbocycles. The first-order valence-electron chi connectivity index (χ1n) is 10.3. The maximum absolute atomic E-state index is 13.8. The topological polar surface area (TPSA) is 63.0 Å². The van der Waals surface area contributed by atoms with Crippen molar-refractivity contribution in [2.24, 2.45) is 5.92 Å². The second kappa shape index (κ2) is 6.76. The maximum atomic E-state index is 13.8. The summed E-state index contributed by atoms with van der Waals surface area (Å²) in [7, 11) is 0. The first-order chi connectivity index (χ1) is 13.6. The van der Waals surface area contributed by atoms with E-state index in [1.54, 1.807) is 16.2 Å². The van der Waals surface area contributed by atoms with Crippen LogP contribution in [0.25, 0.3) is 17.0 Å². The SMILES string of the molecule is CC(C)CCSc1n[nH]c2nc3c(c(=O)n12)C1(CCCC1)Cc1ccccc1-3. The molecule has 0 atom stereocenters. The number of aromatic amines is 1. The van der Waals surface area contributed by atoms with Gasteiger partial charge in [0, 0.05) is 16.7 Å². The normalized spacial score (nSPS) is 17.4. The third kappa shape index (κ3) is 2.72. The summed E-state index contributed by atoms with van der Waals surface area (Å²) in [4.78, 5) is 18.7. The van der Waals surface area contributed by atoms with E-state index in [9.17, 15) is 4.79 Å². The molecule has 2 heterocycles. The van der Waals surface area contributed by atoms with Crippen LogP contribution >= 0.6 is 11.8 Å². The molecule has 1 spiro atoms. The third-order valence-corrected chi connectivity index (χ3v) is 7.32. The fourth-order valence-corrected chi connectivity index (χ4v) is 6.09. The zero-order valence-corrected chi connectivity index (χ0v) is 17.3. The summed E-state index contributed by atoms with van der Waals surface area (Å²) in [6.07, 6.45) is 6.57. The molecule has 0 radical (unpaired) electrons. The number of fused-ring (bicyclic) bond motifs is 5. The number of nitrogens with one attached hydrogen (secondary N) is 1. The molecule has 1 aromatic carbocycles. The van der Waals surface area contributed by atoms with Gasteiger partial charge in [0.05, 0.1) is 11.3 Å². The highest BCUT2D eigenvalue weighted by atomic mass is 32.2. The minimum absolute atomic E-state index is 0.0634. The molecule has 6 heteroatoms. The standard InChI is InChI=1S/C22H26N4OS/c1-14(2)9-12-28-21-25-24-20-23-18-16-8-4-3-7-15(16)13-22(10-5-6-11-22)17(18)19(27)26(20)21/h3-4,7-8,14H,5-6,9-13H2,1-2H3,(H,23,24). The van der Waals surface area contributed by atoms with Gasteiger partial charge in [0.15, 0.2) is 5.16 Å². The van der Waals surface area contributed by atoms with E-state index < -0.39 is 0 Å². The van der Waals surface area contributed by atoms with E-state index in [1.807, 2.05) is 6.07 Å². The number of benzene rings is 1. The van der Waals surface area contributed by atoms with Crippen LogP contribution in [-0.4, -0.2) is 25.3 Å². The van der Waals surface area contributed by atoms with Crippen LogP contribution in [0, 0.1) is 5.92 Å².